The second-order valence-corrected chi connectivity index (χ2v) is 10.2. The molecular formula is C25H41N5O2. The number of carbonyl (C=O) groups excluding carboxylic acids is 2. The molecule has 7 heteroatoms. The molecule has 2 aliphatic carbocycles. The van der Waals surface area contributed by atoms with Crippen LogP contribution in [0.25, 0.3) is 0 Å². The number of nitrogens with two attached hydrogens (primary N) is 2. The van der Waals surface area contributed by atoms with Crippen molar-refractivity contribution >= 4 is 17.6 Å². The fourth-order valence-electron chi connectivity index (χ4n) is 5.57. The molecule has 2 saturated carbocycles. The molecule has 3 rings (SSSR count). The van der Waals surface area contributed by atoms with Crippen molar-refractivity contribution < 1.29 is 9.59 Å². The zero-order valence-corrected chi connectivity index (χ0v) is 19.9. The van der Waals surface area contributed by atoms with Crippen molar-refractivity contribution in [3.05, 3.63) is 23.4 Å². The molecule has 2 fully saturated rings. The fraction of sp³-hybridized carbons (Fsp3) is 0.720. The summed E-state index contributed by atoms with van der Waals surface area (Å²) in [7, 11) is 0. The van der Waals surface area contributed by atoms with Crippen LogP contribution in [0.5, 0.6) is 0 Å². The summed E-state index contributed by atoms with van der Waals surface area (Å²) in [5, 5.41) is 6.01. The molecule has 0 radical (unpaired) electrons. The number of hydrogen-bond donors (Lipinski definition) is 4. The summed E-state index contributed by atoms with van der Waals surface area (Å²) in [5.41, 5.74) is 13.5. The van der Waals surface area contributed by atoms with Gasteiger partial charge in [-0.3, -0.25) is 9.59 Å². The van der Waals surface area contributed by atoms with Gasteiger partial charge in [0, 0.05) is 12.2 Å². The highest BCUT2D eigenvalue weighted by Crippen LogP contribution is 2.45. The summed E-state index contributed by atoms with van der Waals surface area (Å²) in [6.07, 6.45) is 9.52. The van der Waals surface area contributed by atoms with Crippen molar-refractivity contribution in [1.29, 1.82) is 0 Å². The molecule has 6 N–H and O–H groups in total. The first-order chi connectivity index (χ1) is 15.3. The van der Waals surface area contributed by atoms with Crippen LogP contribution in [-0.2, 0) is 16.1 Å². The Morgan fingerprint density at radius 3 is 2.53 bits per heavy atom. The Balaban J connectivity index is 1.70. The van der Waals surface area contributed by atoms with E-state index in [1.807, 2.05) is 26.8 Å². The van der Waals surface area contributed by atoms with Crippen LogP contribution in [0.2, 0.25) is 0 Å². The number of fused-ring (bicyclic) bond motifs is 1. The molecule has 0 aromatic carbocycles. The highest BCUT2D eigenvalue weighted by molar-refractivity contribution is 5.89. The molecule has 5 atom stereocenters. The Hall–Kier alpha value is -2.15. The highest BCUT2D eigenvalue weighted by Gasteiger charge is 2.37. The van der Waals surface area contributed by atoms with E-state index in [-0.39, 0.29) is 17.7 Å². The Bertz CT molecular complexity index is 795. The smallest absolute Gasteiger partial charge is 0.242 e. The third kappa shape index (κ3) is 6.21. The van der Waals surface area contributed by atoms with Crippen LogP contribution in [-0.4, -0.2) is 28.9 Å². The minimum atomic E-state index is -0.623. The van der Waals surface area contributed by atoms with Crippen LogP contribution in [0.1, 0.15) is 76.5 Å². The lowest BCUT2D eigenvalue weighted by molar-refractivity contribution is -0.131. The van der Waals surface area contributed by atoms with Crippen molar-refractivity contribution in [3.8, 4) is 0 Å². The first kappa shape index (κ1) is 24.5. The van der Waals surface area contributed by atoms with Gasteiger partial charge in [0.1, 0.15) is 11.9 Å². The number of anilines is 1. The maximum Gasteiger partial charge on any atom is 0.242 e. The number of aryl methyl sites for hydroxylation is 1. The predicted molar refractivity (Wildman–Crippen MR) is 127 cm³/mol. The third-order valence-electron chi connectivity index (χ3n) is 7.59. The average molecular weight is 444 g/mol. The van der Waals surface area contributed by atoms with E-state index in [1.165, 1.54) is 38.5 Å². The molecule has 0 spiro atoms. The van der Waals surface area contributed by atoms with Gasteiger partial charge >= 0.3 is 0 Å². The van der Waals surface area contributed by atoms with E-state index in [1.54, 1.807) is 6.07 Å². The Morgan fingerprint density at radius 1 is 1.09 bits per heavy atom. The maximum atomic E-state index is 13.2. The summed E-state index contributed by atoms with van der Waals surface area (Å²) in [6.45, 7) is 6.08. The lowest BCUT2D eigenvalue weighted by atomic mass is 9.64. The number of amides is 2. The van der Waals surface area contributed by atoms with Crippen molar-refractivity contribution in [3.63, 3.8) is 0 Å². The monoisotopic (exact) mass is 443 g/mol. The second kappa shape index (κ2) is 11.1. The molecule has 2 aliphatic rings. The Labute approximate surface area is 192 Å². The van der Waals surface area contributed by atoms with Gasteiger partial charge in [-0.15, -0.1) is 0 Å². The fourth-order valence-corrected chi connectivity index (χ4v) is 5.57. The standard InChI is InChI=1S/C25H41N5O2/c1-15(2)23(27)25(32)30-21(13-18-9-6-8-17-7-4-5-10-20(17)18)24(31)28-14-19-11-12-22(26)29-16(19)3/h11-12,15,17-18,20-21,23H,4-10,13-14,27H2,1-3H3,(H2,26,29)(H,28,31)(H,30,32)/t17?,18?,20?,21-,23+/m0/s1. The van der Waals surface area contributed by atoms with Crippen molar-refractivity contribution in [1.82, 2.24) is 15.6 Å². The number of pyridine rings is 1. The van der Waals surface area contributed by atoms with Gasteiger partial charge in [0.05, 0.1) is 6.04 Å². The van der Waals surface area contributed by atoms with Gasteiger partial charge in [0.25, 0.3) is 0 Å². The van der Waals surface area contributed by atoms with E-state index >= 15 is 0 Å². The topological polar surface area (TPSA) is 123 Å². The quantitative estimate of drug-likeness (QED) is 0.492. The number of nitrogens with one attached hydrogen (secondary N) is 2. The van der Waals surface area contributed by atoms with Gasteiger partial charge in [0.15, 0.2) is 0 Å². The van der Waals surface area contributed by atoms with Gasteiger partial charge in [-0.05, 0) is 55.1 Å². The first-order valence-electron chi connectivity index (χ1n) is 12.3. The van der Waals surface area contributed by atoms with Gasteiger partial charge < -0.3 is 22.1 Å². The zero-order chi connectivity index (χ0) is 23.3. The molecule has 178 valence electrons. The van der Waals surface area contributed by atoms with Gasteiger partial charge in [-0.1, -0.05) is 58.4 Å². The molecule has 1 heterocycles. The van der Waals surface area contributed by atoms with Crippen LogP contribution in [0.3, 0.4) is 0 Å². The van der Waals surface area contributed by atoms with E-state index < -0.39 is 12.1 Å². The lowest BCUT2D eigenvalue weighted by Crippen LogP contribution is -2.54. The number of nitrogen functional groups attached to an aromatic ring is 1. The first-order valence-corrected chi connectivity index (χ1v) is 12.3. The van der Waals surface area contributed by atoms with Gasteiger partial charge in [-0.25, -0.2) is 4.98 Å². The number of aromatic nitrogens is 1. The molecular weight excluding hydrogens is 402 g/mol. The normalized spacial score (nSPS) is 25.0. The second-order valence-electron chi connectivity index (χ2n) is 10.2. The SMILES string of the molecule is Cc1nc(N)ccc1CNC(=O)[C@H](CC1CCCC2CCCCC21)NC(=O)[C@H](N)C(C)C. The van der Waals surface area contributed by atoms with Crippen molar-refractivity contribution in [2.75, 3.05) is 5.73 Å². The molecule has 7 nitrogen and oxygen atoms in total. The number of hydrogen-bond acceptors (Lipinski definition) is 5. The largest absolute Gasteiger partial charge is 0.384 e. The average Bonchev–Trinajstić information content (AvgIpc) is 2.77. The molecule has 0 saturated heterocycles. The van der Waals surface area contributed by atoms with Crippen LogP contribution >= 0.6 is 0 Å². The number of nitrogens with zero attached hydrogens (tertiary/aromatic N) is 1. The van der Waals surface area contributed by atoms with E-state index in [9.17, 15) is 9.59 Å². The van der Waals surface area contributed by atoms with E-state index in [2.05, 4.69) is 15.6 Å². The Kier molecular flexibility index (Phi) is 8.51. The summed E-state index contributed by atoms with van der Waals surface area (Å²) in [5.74, 6) is 2.00. The minimum Gasteiger partial charge on any atom is -0.384 e. The van der Waals surface area contributed by atoms with Crippen molar-refractivity contribution in [2.45, 2.75) is 90.8 Å². The summed E-state index contributed by atoms with van der Waals surface area (Å²) in [4.78, 5) is 30.3. The van der Waals surface area contributed by atoms with Gasteiger partial charge in [-0.2, -0.15) is 0 Å². The molecule has 1 aromatic heterocycles. The number of rotatable bonds is 8. The van der Waals surface area contributed by atoms with Gasteiger partial charge in [0.2, 0.25) is 11.8 Å². The zero-order valence-electron chi connectivity index (χ0n) is 19.9. The molecule has 32 heavy (non-hydrogen) atoms. The van der Waals surface area contributed by atoms with E-state index in [4.69, 9.17) is 11.5 Å². The summed E-state index contributed by atoms with van der Waals surface area (Å²) < 4.78 is 0. The van der Waals surface area contributed by atoms with E-state index in [0.29, 0.717) is 30.6 Å². The van der Waals surface area contributed by atoms with E-state index in [0.717, 1.165) is 23.6 Å². The molecule has 2 amide bonds. The lowest BCUT2D eigenvalue weighted by Gasteiger charge is -2.42. The van der Waals surface area contributed by atoms with Crippen LogP contribution < -0.4 is 22.1 Å². The summed E-state index contributed by atoms with van der Waals surface area (Å²) >= 11 is 0. The molecule has 0 aliphatic heterocycles. The predicted octanol–water partition coefficient (Wildman–Crippen LogP) is 3.05. The summed E-state index contributed by atoms with van der Waals surface area (Å²) in [6, 6.07) is 2.43. The molecule has 1 aromatic rings. The molecule has 3 unspecified atom stereocenters. The highest BCUT2D eigenvalue weighted by atomic mass is 16.2. The Morgan fingerprint density at radius 2 is 1.81 bits per heavy atom. The maximum absolute atomic E-state index is 13.2. The third-order valence-corrected chi connectivity index (χ3v) is 7.59. The van der Waals surface area contributed by atoms with Crippen LogP contribution in [0.4, 0.5) is 5.82 Å². The minimum absolute atomic E-state index is 0.0135. The van der Waals surface area contributed by atoms with Crippen molar-refractivity contribution in [2.24, 2.45) is 29.4 Å². The van der Waals surface area contributed by atoms with Crippen LogP contribution in [0, 0.1) is 30.6 Å². The van der Waals surface area contributed by atoms with Crippen LogP contribution in [0.15, 0.2) is 12.1 Å². The molecule has 0 bridgehead atoms. The number of carbonyl (C=O) groups is 2.